The monoisotopic (exact) mass is 213 g/mol. The van der Waals surface area contributed by atoms with E-state index in [0.29, 0.717) is 5.76 Å². The van der Waals surface area contributed by atoms with Gasteiger partial charge in [-0.05, 0) is 19.1 Å². The maximum atomic E-state index is 10.9. The van der Waals surface area contributed by atoms with Crippen LogP contribution in [0.5, 0.6) is 0 Å². The van der Waals surface area contributed by atoms with Gasteiger partial charge in [-0.3, -0.25) is 14.9 Å². The summed E-state index contributed by atoms with van der Waals surface area (Å²) >= 11 is 0. The Morgan fingerprint density at radius 1 is 1.67 bits per heavy atom. The molecule has 1 aromatic heterocycles. The molecule has 6 heteroatoms. The Morgan fingerprint density at radius 2 is 2.33 bits per heavy atom. The van der Waals surface area contributed by atoms with E-state index in [4.69, 9.17) is 4.42 Å². The van der Waals surface area contributed by atoms with Crippen molar-refractivity contribution in [1.29, 1.82) is 0 Å². The van der Waals surface area contributed by atoms with E-state index in [1.807, 2.05) is 0 Å². The first-order chi connectivity index (χ1) is 7.04. The Hall–Kier alpha value is -1.85. The molecule has 0 aromatic carbocycles. The molecule has 82 valence electrons. The Kier molecular flexibility index (Phi) is 3.43. The molecule has 1 unspecified atom stereocenters. The molecule has 0 aliphatic heterocycles. The number of nitro groups is 1. The van der Waals surface area contributed by atoms with E-state index in [9.17, 15) is 14.9 Å². The van der Waals surface area contributed by atoms with Gasteiger partial charge in [-0.25, -0.2) is 0 Å². The molecule has 1 heterocycles. The van der Waals surface area contributed by atoms with Gasteiger partial charge >= 0.3 is 5.97 Å². The summed E-state index contributed by atoms with van der Waals surface area (Å²) in [7, 11) is 1.19. The van der Waals surface area contributed by atoms with E-state index in [1.165, 1.54) is 13.2 Å². The van der Waals surface area contributed by atoms with E-state index in [-0.39, 0.29) is 12.2 Å². The van der Waals surface area contributed by atoms with Crippen molar-refractivity contribution in [2.24, 2.45) is 0 Å². The summed E-state index contributed by atoms with van der Waals surface area (Å²) in [6.07, 6.45) is -0.323. The van der Waals surface area contributed by atoms with Crippen molar-refractivity contribution in [3.8, 4) is 0 Å². The fourth-order valence-electron chi connectivity index (χ4n) is 1.15. The molecular formula is C9H11NO5. The molecule has 0 bridgehead atoms. The molecule has 0 fully saturated rings. The molecule has 0 aliphatic rings. The Labute approximate surface area is 86.0 Å². The average Bonchev–Trinajstić information content (AvgIpc) is 2.60. The fourth-order valence-corrected chi connectivity index (χ4v) is 1.15. The molecule has 0 amide bonds. The highest BCUT2D eigenvalue weighted by atomic mass is 16.6. The van der Waals surface area contributed by atoms with Crippen molar-refractivity contribution in [2.45, 2.75) is 19.4 Å². The minimum atomic E-state index is -1.17. The van der Waals surface area contributed by atoms with Gasteiger partial charge in [0, 0.05) is 4.92 Å². The highest BCUT2D eigenvalue weighted by Gasteiger charge is 2.29. The first-order valence-corrected chi connectivity index (χ1v) is 4.31. The van der Waals surface area contributed by atoms with Gasteiger partial charge in [-0.1, -0.05) is 0 Å². The fraction of sp³-hybridized carbons (Fsp3) is 0.444. The van der Waals surface area contributed by atoms with Crippen LogP contribution in [0.15, 0.2) is 16.5 Å². The second-order valence-electron chi connectivity index (χ2n) is 3.03. The third-order valence-corrected chi connectivity index (χ3v) is 1.93. The van der Waals surface area contributed by atoms with Crippen LogP contribution >= 0.6 is 0 Å². The van der Waals surface area contributed by atoms with Crippen molar-refractivity contribution in [3.63, 3.8) is 0 Å². The molecule has 0 radical (unpaired) electrons. The Morgan fingerprint density at radius 3 is 2.73 bits per heavy atom. The zero-order chi connectivity index (χ0) is 11.4. The van der Waals surface area contributed by atoms with E-state index >= 15 is 0 Å². The number of nitrogens with zero attached hydrogens (tertiary/aromatic N) is 1. The van der Waals surface area contributed by atoms with Gasteiger partial charge in [-0.2, -0.15) is 0 Å². The van der Waals surface area contributed by atoms with Gasteiger partial charge in [0.15, 0.2) is 5.76 Å². The van der Waals surface area contributed by atoms with Gasteiger partial charge in [0.05, 0.1) is 7.11 Å². The topological polar surface area (TPSA) is 82.6 Å². The average molecular weight is 213 g/mol. The predicted molar refractivity (Wildman–Crippen MR) is 49.8 cm³/mol. The van der Waals surface area contributed by atoms with Crippen LogP contribution in [-0.2, 0) is 9.53 Å². The number of aryl methyl sites for hydroxylation is 1. The van der Waals surface area contributed by atoms with Crippen LogP contribution in [0.25, 0.3) is 0 Å². The van der Waals surface area contributed by atoms with Gasteiger partial charge in [-0.15, -0.1) is 0 Å². The van der Waals surface area contributed by atoms with E-state index in [2.05, 4.69) is 4.74 Å². The number of carbonyl (C=O) groups excluding carboxylic acids is 1. The van der Waals surface area contributed by atoms with Crippen LogP contribution < -0.4 is 0 Å². The smallest absolute Gasteiger partial charge is 0.313 e. The lowest BCUT2D eigenvalue weighted by atomic mass is 10.2. The van der Waals surface area contributed by atoms with Crippen molar-refractivity contribution in [3.05, 3.63) is 33.8 Å². The van der Waals surface area contributed by atoms with Crippen LogP contribution in [0, 0.1) is 17.0 Å². The molecule has 15 heavy (non-hydrogen) atoms. The maximum Gasteiger partial charge on any atom is 0.313 e. The number of hydrogen-bond acceptors (Lipinski definition) is 5. The van der Waals surface area contributed by atoms with Crippen molar-refractivity contribution in [2.75, 3.05) is 7.11 Å². The number of ether oxygens (including phenoxy) is 1. The quantitative estimate of drug-likeness (QED) is 0.429. The molecule has 1 aromatic rings. The van der Waals surface area contributed by atoms with Crippen LogP contribution in [0.2, 0.25) is 0 Å². The number of methoxy groups -OCH3 is 1. The second-order valence-corrected chi connectivity index (χ2v) is 3.03. The Bertz CT molecular complexity index is 370. The van der Waals surface area contributed by atoms with Gasteiger partial charge in [0.2, 0.25) is 0 Å². The number of esters is 1. The molecule has 0 saturated heterocycles. The summed E-state index contributed by atoms with van der Waals surface area (Å²) < 4.78 is 9.48. The van der Waals surface area contributed by atoms with Gasteiger partial charge in [0.25, 0.3) is 6.04 Å². The summed E-state index contributed by atoms with van der Waals surface area (Å²) in [4.78, 5) is 21.1. The molecule has 1 atom stereocenters. The molecule has 6 nitrogen and oxygen atoms in total. The van der Waals surface area contributed by atoms with E-state index in [0.717, 1.165) is 0 Å². The number of carbonyl (C=O) groups is 1. The van der Waals surface area contributed by atoms with Crippen LogP contribution in [-0.4, -0.2) is 18.0 Å². The molecule has 0 spiro atoms. The van der Waals surface area contributed by atoms with E-state index in [1.54, 1.807) is 13.0 Å². The summed E-state index contributed by atoms with van der Waals surface area (Å²) in [5.74, 6) is 0.107. The van der Waals surface area contributed by atoms with Crippen molar-refractivity contribution < 1.29 is 18.9 Å². The summed E-state index contributed by atoms with van der Waals surface area (Å²) in [5, 5.41) is 10.7. The molecule has 0 aliphatic carbocycles. The number of furan rings is 1. The normalized spacial score (nSPS) is 12.1. The summed E-state index contributed by atoms with van der Waals surface area (Å²) in [6, 6.07) is 1.93. The minimum Gasteiger partial charge on any atom is -0.469 e. The third kappa shape index (κ3) is 2.80. The van der Waals surface area contributed by atoms with E-state index < -0.39 is 16.9 Å². The van der Waals surface area contributed by atoms with Crippen molar-refractivity contribution in [1.82, 2.24) is 0 Å². The van der Waals surface area contributed by atoms with Crippen molar-refractivity contribution >= 4 is 5.97 Å². The van der Waals surface area contributed by atoms with Crippen LogP contribution in [0.3, 0.4) is 0 Å². The SMILES string of the molecule is COC(=O)CC(c1ccc(C)o1)[N+](=O)[O-]. The lowest BCUT2D eigenvalue weighted by Gasteiger charge is -2.04. The highest BCUT2D eigenvalue weighted by molar-refractivity contribution is 5.69. The lowest BCUT2D eigenvalue weighted by molar-refractivity contribution is -0.531. The minimum absolute atomic E-state index is 0.169. The standard InChI is InChI=1S/C9H11NO5/c1-6-3-4-8(15-6)7(10(12)13)5-9(11)14-2/h3-4,7H,5H2,1-2H3. The van der Waals surface area contributed by atoms with Crippen LogP contribution in [0.4, 0.5) is 0 Å². The zero-order valence-electron chi connectivity index (χ0n) is 8.43. The number of hydrogen-bond donors (Lipinski definition) is 0. The lowest BCUT2D eigenvalue weighted by Crippen LogP contribution is -2.15. The molecule has 0 saturated carbocycles. The molecule has 1 rings (SSSR count). The summed E-state index contributed by atoms with van der Waals surface area (Å²) in [6.45, 7) is 1.68. The van der Waals surface area contributed by atoms with Gasteiger partial charge < -0.3 is 9.15 Å². The molecule has 0 N–H and O–H groups in total. The maximum absolute atomic E-state index is 10.9. The predicted octanol–water partition coefficient (Wildman–Crippen LogP) is 1.47. The zero-order valence-corrected chi connectivity index (χ0v) is 8.43. The summed E-state index contributed by atoms with van der Waals surface area (Å²) in [5.41, 5.74) is 0. The first kappa shape index (κ1) is 11.2. The van der Waals surface area contributed by atoms with Gasteiger partial charge in [0.1, 0.15) is 12.2 Å². The largest absolute Gasteiger partial charge is 0.469 e. The third-order valence-electron chi connectivity index (χ3n) is 1.93. The Balaban J connectivity index is 2.83. The molecular weight excluding hydrogens is 202 g/mol. The first-order valence-electron chi connectivity index (χ1n) is 4.31. The van der Waals surface area contributed by atoms with Crippen LogP contribution in [0.1, 0.15) is 24.0 Å². The number of rotatable bonds is 4. The second kappa shape index (κ2) is 4.59. The highest BCUT2D eigenvalue weighted by Crippen LogP contribution is 2.22.